The zero-order valence-corrected chi connectivity index (χ0v) is 15.3. The summed E-state index contributed by atoms with van der Waals surface area (Å²) in [6.07, 6.45) is 8.94. The molecule has 5 nitrogen and oxygen atoms in total. The van der Waals surface area contributed by atoms with Crippen LogP contribution in [-0.2, 0) is 4.74 Å². The van der Waals surface area contributed by atoms with Gasteiger partial charge in [0.15, 0.2) is 0 Å². The maximum Gasteiger partial charge on any atom is 0.317 e. The van der Waals surface area contributed by atoms with Gasteiger partial charge >= 0.3 is 6.03 Å². The van der Waals surface area contributed by atoms with Gasteiger partial charge in [-0.05, 0) is 69.9 Å². The third kappa shape index (κ3) is 5.62. The normalized spacial score (nSPS) is 25.4. The molecule has 1 N–H and O–H groups in total. The summed E-state index contributed by atoms with van der Waals surface area (Å²) in [6, 6.07) is 0.105. The fourth-order valence-electron chi connectivity index (χ4n) is 3.95. The highest BCUT2D eigenvalue weighted by atomic mass is 16.5. The summed E-state index contributed by atoms with van der Waals surface area (Å²) in [7, 11) is 0. The summed E-state index contributed by atoms with van der Waals surface area (Å²) in [4.78, 5) is 16.9. The van der Waals surface area contributed by atoms with E-state index in [2.05, 4.69) is 17.1 Å². The van der Waals surface area contributed by atoms with Crippen molar-refractivity contribution in [1.82, 2.24) is 15.1 Å². The molecular weight excluding hydrogens is 302 g/mol. The van der Waals surface area contributed by atoms with Crippen molar-refractivity contribution in [3.63, 3.8) is 0 Å². The molecule has 0 aromatic rings. The van der Waals surface area contributed by atoms with Gasteiger partial charge < -0.3 is 19.9 Å². The van der Waals surface area contributed by atoms with Gasteiger partial charge in [0.25, 0.3) is 0 Å². The molecule has 2 amide bonds. The van der Waals surface area contributed by atoms with Crippen LogP contribution in [0.2, 0.25) is 0 Å². The first-order valence-corrected chi connectivity index (χ1v) is 10.1. The quantitative estimate of drug-likeness (QED) is 0.741. The summed E-state index contributed by atoms with van der Waals surface area (Å²) < 4.78 is 5.57. The topological polar surface area (TPSA) is 44.8 Å². The summed E-state index contributed by atoms with van der Waals surface area (Å²) in [5.74, 6) is 1.78. The number of hydrogen-bond acceptors (Lipinski definition) is 3. The second-order valence-electron chi connectivity index (χ2n) is 7.88. The minimum atomic E-state index is 0.105. The Morgan fingerprint density at radius 3 is 2.58 bits per heavy atom. The number of hydrogen-bond donors (Lipinski definition) is 1. The van der Waals surface area contributed by atoms with E-state index in [-0.39, 0.29) is 12.1 Å². The molecule has 0 radical (unpaired) electrons. The number of piperidine rings is 1. The van der Waals surface area contributed by atoms with Crippen LogP contribution in [0.3, 0.4) is 0 Å². The molecule has 1 saturated carbocycles. The van der Waals surface area contributed by atoms with Crippen molar-refractivity contribution >= 4 is 6.03 Å². The predicted molar refractivity (Wildman–Crippen MR) is 96.1 cm³/mol. The lowest BCUT2D eigenvalue weighted by molar-refractivity contribution is 0.107. The summed E-state index contributed by atoms with van der Waals surface area (Å²) in [5.41, 5.74) is 0. The van der Waals surface area contributed by atoms with Crippen LogP contribution in [0.15, 0.2) is 0 Å². The first-order chi connectivity index (χ1) is 11.7. The minimum absolute atomic E-state index is 0.105. The number of carbonyl (C=O) groups is 1. The zero-order valence-electron chi connectivity index (χ0n) is 15.3. The predicted octanol–water partition coefficient (Wildman–Crippen LogP) is 2.71. The Bertz CT molecular complexity index is 386. The average molecular weight is 338 g/mol. The molecule has 0 spiro atoms. The molecular formula is C19H35N3O2. The van der Waals surface area contributed by atoms with E-state index < -0.39 is 0 Å². The number of likely N-dealkylation sites (tertiary alicyclic amines) is 1. The summed E-state index contributed by atoms with van der Waals surface area (Å²) >= 11 is 0. The maximum atomic E-state index is 12.3. The van der Waals surface area contributed by atoms with Crippen LogP contribution in [0.25, 0.3) is 0 Å². The van der Waals surface area contributed by atoms with Crippen LogP contribution in [-0.4, -0.2) is 67.8 Å². The van der Waals surface area contributed by atoms with E-state index in [1.54, 1.807) is 0 Å². The van der Waals surface area contributed by atoms with Gasteiger partial charge in [-0.2, -0.15) is 0 Å². The van der Waals surface area contributed by atoms with Crippen LogP contribution in [0.1, 0.15) is 51.9 Å². The first-order valence-electron chi connectivity index (χ1n) is 10.1. The van der Waals surface area contributed by atoms with E-state index in [0.717, 1.165) is 57.2 Å². The number of nitrogens with one attached hydrogen (secondary N) is 1. The molecule has 138 valence electrons. The van der Waals surface area contributed by atoms with Gasteiger partial charge in [0.2, 0.25) is 0 Å². The zero-order chi connectivity index (χ0) is 16.8. The van der Waals surface area contributed by atoms with Gasteiger partial charge in [-0.25, -0.2) is 4.79 Å². The van der Waals surface area contributed by atoms with Gasteiger partial charge in [-0.3, -0.25) is 0 Å². The van der Waals surface area contributed by atoms with E-state index >= 15 is 0 Å². The van der Waals surface area contributed by atoms with Crippen LogP contribution < -0.4 is 5.32 Å². The lowest BCUT2D eigenvalue weighted by atomic mass is 9.93. The molecule has 0 unspecified atom stereocenters. The smallest absolute Gasteiger partial charge is 0.317 e. The van der Waals surface area contributed by atoms with Crippen molar-refractivity contribution in [3.05, 3.63) is 0 Å². The van der Waals surface area contributed by atoms with Crippen LogP contribution in [0.4, 0.5) is 4.79 Å². The maximum absolute atomic E-state index is 12.3. The molecule has 2 saturated heterocycles. The highest BCUT2D eigenvalue weighted by Gasteiger charge is 2.26. The fraction of sp³-hybridized carbons (Fsp3) is 0.947. The number of amides is 2. The summed E-state index contributed by atoms with van der Waals surface area (Å²) in [6.45, 7) is 9.36. The standard InChI is InChI=1S/C19H35N3O2/c1-2-21(15-17-5-6-17)10-7-16-8-11-22(12-9-16)19(23)20-14-18-4-3-13-24-18/h16-18H,2-15H2,1H3,(H,20,23)/t18-/m1/s1. The van der Waals surface area contributed by atoms with Crippen LogP contribution >= 0.6 is 0 Å². The fourth-order valence-corrected chi connectivity index (χ4v) is 3.95. The van der Waals surface area contributed by atoms with Crippen molar-refractivity contribution in [3.8, 4) is 0 Å². The van der Waals surface area contributed by atoms with E-state index in [1.807, 2.05) is 4.90 Å². The average Bonchev–Trinajstić information content (AvgIpc) is 3.28. The Balaban J connectivity index is 1.29. The van der Waals surface area contributed by atoms with Crippen molar-refractivity contribution in [2.45, 2.75) is 58.0 Å². The van der Waals surface area contributed by atoms with Crippen molar-refractivity contribution in [1.29, 1.82) is 0 Å². The SMILES string of the molecule is CCN(CCC1CCN(C(=O)NC[C@H]2CCCO2)CC1)CC1CC1. The Labute approximate surface area is 147 Å². The molecule has 3 rings (SSSR count). The lowest BCUT2D eigenvalue weighted by Gasteiger charge is -2.33. The number of nitrogens with zero attached hydrogens (tertiary/aromatic N) is 2. The van der Waals surface area contributed by atoms with E-state index in [0.29, 0.717) is 6.54 Å². The van der Waals surface area contributed by atoms with Crippen molar-refractivity contribution in [2.24, 2.45) is 11.8 Å². The molecule has 1 atom stereocenters. The minimum Gasteiger partial charge on any atom is -0.376 e. The molecule has 2 aliphatic heterocycles. The van der Waals surface area contributed by atoms with Crippen LogP contribution in [0.5, 0.6) is 0 Å². The molecule has 3 fully saturated rings. The third-order valence-electron chi connectivity index (χ3n) is 5.92. The van der Waals surface area contributed by atoms with Gasteiger partial charge in [0.05, 0.1) is 6.10 Å². The van der Waals surface area contributed by atoms with Crippen LogP contribution in [0, 0.1) is 11.8 Å². The highest BCUT2D eigenvalue weighted by molar-refractivity contribution is 5.74. The molecule has 0 aromatic carbocycles. The van der Waals surface area contributed by atoms with Gasteiger partial charge in [0.1, 0.15) is 0 Å². The molecule has 2 heterocycles. The van der Waals surface area contributed by atoms with Crippen molar-refractivity contribution in [2.75, 3.05) is 45.9 Å². The summed E-state index contributed by atoms with van der Waals surface area (Å²) in [5, 5.41) is 3.05. The molecule has 24 heavy (non-hydrogen) atoms. The third-order valence-corrected chi connectivity index (χ3v) is 5.92. The monoisotopic (exact) mass is 337 g/mol. The highest BCUT2D eigenvalue weighted by Crippen LogP contribution is 2.30. The molecule has 1 aliphatic carbocycles. The Hall–Kier alpha value is -0.810. The number of rotatable bonds is 8. The van der Waals surface area contributed by atoms with E-state index in [1.165, 1.54) is 38.9 Å². The van der Waals surface area contributed by atoms with Gasteiger partial charge in [0, 0.05) is 32.8 Å². The second kappa shape index (κ2) is 9.04. The molecule has 3 aliphatic rings. The number of carbonyl (C=O) groups excluding carboxylic acids is 1. The molecule has 0 bridgehead atoms. The molecule has 5 heteroatoms. The largest absolute Gasteiger partial charge is 0.376 e. The lowest BCUT2D eigenvalue weighted by Crippen LogP contribution is -2.46. The second-order valence-corrected chi connectivity index (χ2v) is 7.88. The Morgan fingerprint density at radius 1 is 1.17 bits per heavy atom. The van der Waals surface area contributed by atoms with Gasteiger partial charge in [-0.15, -0.1) is 0 Å². The first kappa shape index (κ1) is 18.0. The Morgan fingerprint density at radius 2 is 1.96 bits per heavy atom. The molecule has 0 aromatic heterocycles. The van der Waals surface area contributed by atoms with Crippen molar-refractivity contribution < 1.29 is 9.53 Å². The number of ether oxygens (including phenoxy) is 1. The Kier molecular flexibility index (Phi) is 6.78. The number of urea groups is 1. The van der Waals surface area contributed by atoms with E-state index in [4.69, 9.17) is 4.74 Å². The van der Waals surface area contributed by atoms with E-state index in [9.17, 15) is 4.79 Å². The van der Waals surface area contributed by atoms with Gasteiger partial charge in [-0.1, -0.05) is 6.92 Å².